The molecule has 2 aliphatic rings. The average Bonchev–Trinajstić information content (AvgIpc) is 3.19. The summed E-state index contributed by atoms with van der Waals surface area (Å²) >= 11 is 1.45. The van der Waals surface area contributed by atoms with Crippen molar-refractivity contribution in [2.45, 2.75) is 19.0 Å². The molecule has 126 valence electrons. The Labute approximate surface area is 145 Å². The molecule has 0 aliphatic carbocycles. The van der Waals surface area contributed by atoms with Gasteiger partial charge in [0, 0.05) is 38.8 Å². The summed E-state index contributed by atoms with van der Waals surface area (Å²) in [6.07, 6.45) is 1.27. The van der Waals surface area contributed by atoms with Crippen molar-refractivity contribution in [1.29, 1.82) is 0 Å². The molecule has 0 amide bonds. The second-order valence-electron chi connectivity index (χ2n) is 6.11. The zero-order valence-corrected chi connectivity index (χ0v) is 14.6. The van der Waals surface area contributed by atoms with Crippen molar-refractivity contribution < 1.29 is 0 Å². The summed E-state index contributed by atoms with van der Waals surface area (Å²) in [5.41, 5.74) is 0.810. The largest absolute Gasteiger partial charge is 0.315 e. The van der Waals surface area contributed by atoms with Gasteiger partial charge in [-0.25, -0.2) is 4.98 Å². The van der Waals surface area contributed by atoms with Gasteiger partial charge >= 0.3 is 0 Å². The molecular weight excluding hydrogens is 334 g/mol. The minimum Gasteiger partial charge on any atom is -0.315 e. The van der Waals surface area contributed by atoms with Crippen LogP contribution in [0.15, 0.2) is 16.2 Å². The highest BCUT2D eigenvalue weighted by molar-refractivity contribution is 7.17. The smallest absolute Gasteiger partial charge is 0.268 e. The fraction of sp³-hybridized carbons (Fsp3) is 0.600. The summed E-state index contributed by atoms with van der Waals surface area (Å²) in [5, 5.41) is 5.36. The summed E-state index contributed by atoms with van der Waals surface area (Å²) in [6, 6.07) is 2.63. The van der Waals surface area contributed by atoms with Crippen LogP contribution in [0.1, 0.15) is 12.2 Å². The van der Waals surface area contributed by atoms with Gasteiger partial charge < -0.3 is 10.3 Å². The molecule has 0 aromatic carbocycles. The van der Waals surface area contributed by atoms with Crippen LogP contribution in [0.4, 0.5) is 0 Å². The predicted molar refractivity (Wildman–Crippen MR) is 95.6 cm³/mol. The van der Waals surface area contributed by atoms with Crippen LogP contribution in [0.25, 0.3) is 10.2 Å². The molecule has 2 N–H and O–H groups in total. The number of halogens is 1. The van der Waals surface area contributed by atoms with Crippen LogP contribution < -0.4 is 10.9 Å². The van der Waals surface area contributed by atoms with E-state index in [-0.39, 0.29) is 18.0 Å². The number of aromatic nitrogens is 2. The summed E-state index contributed by atoms with van der Waals surface area (Å²) in [7, 11) is 0. The van der Waals surface area contributed by atoms with Crippen molar-refractivity contribution in [3.63, 3.8) is 0 Å². The van der Waals surface area contributed by atoms with E-state index in [1.165, 1.54) is 17.8 Å². The molecule has 0 bridgehead atoms. The third-order valence-electron chi connectivity index (χ3n) is 4.69. The van der Waals surface area contributed by atoms with E-state index >= 15 is 0 Å². The molecule has 0 spiro atoms. The second kappa shape index (κ2) is 7.27. The fourth-order valence-electron chi connectivity index (χ4n) is 3.45. The Kier molecular flexibility index (Phi) is 5.33. The van der Waals surface area contributed by atoms with Crippen LogP contribution in [0, 0.1) is 0 Å². The van der Waals surface area contributed by atoms with Gasteiger partial charge in [-0.2, -0.15) is 0 Å². The van der Waals surface area contributed by atoms with Crippen molar-refractivity contribution in [1.82, 2.24) is 25.1 Å². The molecule has 23 heavy (non-hydrogen) atoms. The molecule has 2 aromatic heterocycles. The zero-order chi connectivity index (χ0) is 14.9. The summed E-state index contributed by atoms with van der Waals surface area (Å²) in [5.74, 6) is 0.784. The number of hydrogen-bond acceptors (Lipinski definition) is 6. The van der Waals surface area contributed by atoms with E-state index in [2.05, 4.69) is 25.1 Å². The summed E-state index contributed by atoms with van der Waals surface area (Å²) in [6.45, 7) is 7.32. The lowest BCUT2D eigenvalue weighted by atomic mass is 10.2. The molecule has 2 aromatic rings. The van der Waals surface area contributed by atoms with E-state index in [4.69, 9.17) is 0 Å². The molecule has 1 atom stereocenters. The molecule has 4 heterocycles. The van der Waals surface area contributed by atoms with E-state index in [0.717, 1.165) is 61.9 Å². The first-order chi connectivity index (χ1) is 10.8. The Balaban J connectivity index is 0.00000156. The third kappa shape index (κ3) is 3.59. The van der Waals surface area contributed by atoms with Gasteiger partial charge in [0.1, 0.15) is 10.5 Å². The van der Waals surface area contributed by atoms with E-state index in [1.807, 2.05) is 11.4 Å². The van der Waals surface area contributed by atoms with Gasteiger partial charge in [-0.05, 0) is 24.4 Å². The maximum atomic E-state index is 12.0. The molecule has 2 fully saturated rings. The lowest BCUT2D eigenvalue weighted by Crippen LogP contribution is -2.50. The number of nitrogens with one attached hydrogen (secondary N) is 2. The van der Waals surface area contributed by atoms with Crippen LogP contribution in [0.5, 0.6) is 0 Å². The van der Waals surface area contributed by atoms with E-state index < -0.39 is 0 Å². The average molecular weight is 356 g/mol. The number of H-pyrrole nitrogens is 1. The summed E-state index contributed by atoms with van der Waals surface area (Å²) < 4.78 is 0.724. The van der Waals surface area contributed by atoms with Gasteiger partial charge in [-0.15, -0.1) is 23.7 Å². The molecule has 1 unspecified atom stereocenters. The first-order valence-electron chi connectivity index (χ1n) is 7.93. The number of fused-ring (bicyclic) bond motifs is 1. The van der Waals surface area contributed by atoms with Crippen LogP contribution in [0.2, 0.25) is 0 Å². The highest BCUT2D eigenvalue weighted by Gasteiger charge is 2.26. The Morgan fingerprint density at radius 1 is 1.30 bits per heavy atom. The summed E-state index contributed by atoms with van der Waals surface area (Å²) in [4.78, 5) is 24.5. The van der Waals surface area contributed by atoms with Gasteiger partial charge in [0.25, 0.3) is 5.56 Å². The third-order valence-corrected chi connectivity index (χ3v) is 5.60. The number of nitrogens with zero attached hydrogens (tertiary/aromatic N) is 3. The van der Waals surface area contributed by atoms with E-state index in [9.17, 15) is 4.79 Å². The van der Waals surface area contributed by atoms with Crippen molar-refractivity contribution in [3.05, 3.63) is 27.6 Å². The number of aromatic amines is 1. The molecule has 2 aliphatic heterocycles. The lowest BCUT2D eigenvalue weighted by molar-refractivity contribution is 0.0965. The van der Waals surface area contributed by atoms with E-state index in [1.54, 1.807) is 0 Å². The van der Waals surface area contributed by atoms with Crippen LogP contribution in [-0.2, 0) is 6.54 Å². The zero-order valence-electron chi connectivity index (χ0n) is 13.0. The number of hydrogen-bond donors (Lipinski definition) is 2. The van der Waals surface area contributed by atoms with Gasteiger partial charge in [0.05, 0.1) is 12.1 Å². The minimum absolute atomic E-state index is 0. The monoisotopic (exact) mass is 355 g/mol. The fourth-order valence-corrected chi connectivity index (χ4v) is 4.17. The SMILES string of the molecule is Cl.O=c1[nH]c(CN2CCN(C3CCNC3)CC2)nc2ccsc12. The Bertz CT molecular complexity index is 703. The van der Waals surface area contributed by atoms with Gasteiger partial charge in [-0.3, -0.25) is 14.6 Å². The highest BCUT2D eigenvalue weighted by atomic mass is 35.5. The Morgan fingerprint density at radius 3 is 2.87 bits per heavy atom. The van der Waals surface area contributed by atoms with Crippen LogP contribution >= 0.6 is 23.7 Å². The van der Waals surface area contributed by atoms with Crippen LogP contribution in [0.3, 0.4) is 0 Å². The molecule has 4 rings (SSSR count). The standard InChI is InChI=1S/C15H21N5OS.ClH/c21-15-14-12(2-8-22-14)17-13(18-15)10-19-4-6-20(7-5-19)11-1-3-16-9-11;/h2,8,11,16H,1,3-7,9-10H2,(H,17,18,21);1H. The maximum Gasteiger partial charge on any atom is 0.268 e. The number of thiophene rings is 1. The maximum absolute atomic E-state index is 12.0. The van der Waals surface area contributed by atoms with Crippen molar-refractivity contribution >= 4 is 34.0 Å². The normalized spacial score (nSPS) is 23.2. The van der Waals surface area contributed by atoms with Crippen molar-refractivity contribution in [2.24, 2.45) is 0 Å². The van der Waals surface area contributed by atoms with Gasteiger partial charge in [-0.1, -0.05) is 0 Å². The Morgan fingerprint density at radius 2 is 2.13 bits per heavy atom. The Hall–Kier alpha value is -0.990. The number of piperazine rings is 1. The van der Waals surface area contributed by atoms with E-state index in [0.29, 0.717) is 6.04 Å². The predicted octanol–water partition coefficient (Wildman–Crippen LogP) is 0.886. The topological polar surface area (TPSA) is 64.3 Å². The van der Waals surface area contributed by atoms with Gasteiger partial charge in [0.2, 0.25) is 0 Å². The van der Waals surface area contributed by atoms with Gasteiger partial charge in [0.15, 0.2) is 0 Å². The molecule has 2 saturated heterocycles. The molecule has 0 radical (unpaired) electrons. The van der Waals surface area contributed by atoms with Crippen LogP contribution in [-0.4, -0.2) is 65.1 Å². The molecule has 8 heteroatoms. The molecular formula is C15H22ClN5OS. The number of rotatable bonds is 3. The van der Waals surface area contributed by atoms with Crippen molar-refractivity contribution in [3.8, 4) is 0 Å². The van der Waals surface area contributed by atoms with Crippen molar-refractivity contribution in [2.75, 3.05) is 39.3 Å². The first-order valence-corrected chi connectivity index (χ1v) is 8.81. The minimum atomic E-state index is -0.00864. The molecule has 0 saturated carbocycles. The second-order valence-corrected chi connectivity index (χ2v) is 7.02. The highest BCUT2D eigenvalue weighted by Crippen LogP contribution is 2.16. The quantitative estimate of drug-likeness (QED) is 0.856. The molecule has 6 nitrogen and oxygen atoms in total. The first kappa shape index (κ1) is 16.9. The lowest BCUT2D eigenvalue weighted by Gasteiger charge is -2.37.